The van der Waals surface area contributed by atoms with Gasteiger partial charge in [0.2, 0.25) is 5.91 Å². The Morgan fingerprint density at radius 2 is 1.73 bits per heavy atom. The normalized spacial score (nSPS) is 16.2. The van der Waals surface area contributed by atoms with Gasteiger partial charge in [-0.2, -0.15) is 0 Å². The van der Waals surface area contributed by atoms with E-state index in [1.54, 1.807) is 25.7 Å². The first-order valence-electron chi connectivity index (χ1n) is 7.70. The van der Waals surface area contributed by atoms with Crippen molar-refractivity contribution in [1.29, 1.82) is 0 Å². The summed E-state index contributed by atoms with van der Waals surface area (Å²) in [6.45, 7) is 6.89. The predicted octanol–water partition coefficient (Wildman–Crippen LogP) is 2.87. The molecule has 1 aliphatic heterocycles. The molecule has 2 amide bonds. The molecule has 1 saturated heterocycles. The molecule has 22 heavy (non-hydrogen) atoms. The van der Waals surface area contributed by atoms with E-state index >= 15 is 0 Å². The van der Waals surface area contributed by atoms with E-state index in [9.17, 15) is 9.59 Å². The number of ether oxygens (including phenoxy) is 1. The van der Waals surface area contributed by atoms with Crippen LogP contribution in [0.1, 0.15) is 45.2 Å². The number of amides is 2. The smallest absolute Gasteiger partial charge is 0.408 e. The lowest BCUT2D eigenvalue weighted by molar-refractivity contribution is -0.132. The van der Waals surface area contributed by atoms with Crippen LogP contribution in [0.5, 0.6) is 0 Å². The molecule has 0 radical (unpaired) electrons. The third-order valence-electron chi connectivity index (χ3n) is 3.46. The fraction of sp³-hybridized carbons (Fsp3) is 0.529. The van der Waals surface area contributed by atoms with Gasteiger partial charge in [0.15, 0.2) is 0 Å². The van der Waals surface area contributed by atoms with Crippen molar-refractivity contribution in [2.75, 3.05) is 13.1 Å². The SMILES string of the molecule is CC(C)(C)OC(=O)N[C@@H](C(=O)N1CCCC1)c1ccccc1. The van der Waals surface area contributed by atoms with Crippen LogP contribution in [0.2, 0.25) is 0 Å². The minimum Gasteiger partial charge on any atom is -0.444 e. The van der Waals surface area contributed by atoms with E-state index in [-0.39, 0.29) is 5.91 Å². The van der Waals surface area contributed by atoms with Crippen LogP contribution < -0.4 is 5.32 Å². The van der Waals surface area contributed by atoms with Crippen molar-refractivity contribution < 1.29 is 14.3 Å². The lowest BCUT2D eigenvalue weighted by Gasteiger charge is -2.26. The van der Waals surface area contributed by atoms with Crippen molar-refractivity contribution in [2.45, 2.75) is 45.3 Å². The Hall–Kier alpha value is -2.04. The molecular weight excluding hydrogens is 280 g/mol. The van der Waals surface area contributed by atoms with Gasteiger partial charge in [-0.1, -0.05) is 30.3 Å². The highest BCUT2D eigenvalue weighted by Crippen LogP contribution is 2.20. The zero-order valence-electron chi connectivity index (χ0n) is 13.5. The van der Waals surface area contributed by atoms with Crippen LogP contribution in [0.25, 0.3) is 0 Å². The standard InChI is InChI=1S/C17H24N2O3/c1-17(2,3)22-16(21)18-14(13-9-5-4-6-10-13)15(20)19-11-7-8-12-19/h4-6,9-10,14H,7-8,11-12H2,1-3H3,(H,18,21)/t14-/m1/s1. The van der Waals surface area contributed by atoms with Crippen molar-refractivity contribution >= 4 is 12.0 Å². The van der Waals surface area contributed by atoms with E-state index in [0.717, 1.165) is 31.5 Å². The second kappa shape index (κ2) is 6.81. The van der Waals surface area contributed by atoms with Crippen molar-refractivity contribution in [3.8, 4) is 0 Å². The monoisotopic (exact) mass is 304 g/mol. The van der Waals surface area contributed by atoms with Crippen LogP contribution in [0.15, 0.2) is 30.3 Å². The molecule has 0 bridgehead atoms. The number of hydrogen-bond donors (Lipinski definition) is 1. The molecule has 1 atom stereocenters. The van der Waals surface area contributed by atoms with Gasteiger partial charge in [0.1, 0.15) is 11.6 Å². The first-order valence-corrected chi connectivity index (χ1v) is 7.70. The molecule has 0 unspecified atom stereocenters. The number of nitrogens with zero attached hydrogens (tertiary/aromatic N) is 1. The van der Waals surface area contributed by atoms with Gasteiger partial charge in [-0.15, -0.1) is 0 Å². The molecular formula is C17H24N2O3. The van der Waals surface area contributed by atoms with Gasteiger partial charge >= 0.3 is 6.09 Å². The summed E-state index contributed by atoms with van der Waals surface area (Å²) in [5, 5.41) is 2.71. The summed E-state index contributed by atoms with van der Waals surface area (Å²) in [6.07, 6.45) is 1.45. The number of alkyl carbamates (subject to hydrolysis) is 1. The Labute approximate surface area is 131 Å². The average Bonchev–Trinajstić information content (AvgIpc) is 2.97. The summed E-state index contributed by atoms with van der Waals surface area (Å²) in [6, 6.07) is 8.58. The molecule has 5 heteroatoms. The van der Waals surface area contributed by atoms with Crippen LogP contribution in [0.4, 0.5) is 4.79 Å². The Bertz CT molecular complexity index is 516. The summed E-state index contributed by atoms with van der Waals surface area (Å²) < 4.78 is 5.28. The van der Waals surface area contributed by atoms with E-state index in [2.05, 4.69) is 5.32 Å². The molecule has 0 saturated carbocycles. The van der Waals surface area contributed by atoms with E-state index in [1.165, 1.54) is 0 Å². The van der Waals surface area contributed by atoms with Crippen molar-refractivity contribution in [2.24, 2.45) is 0 Å². The molecule has 1 fully saturated rings. The van der Waals surface area contributed by atoms with Crippen molar-refractivity contribution in [3.63, 3.8) is 0 Å². The Morgan fingerprint density at radius 3 is 2.27 bits per heavy atom. The molecule has 1 aromatic carbocycles. The zero-order valence-corrected chi connectivity index (χ0v) is 13.5. The fourth-order valence-corrected chi connectivity index (χ4v) is 2.48. The van der Waals surface area contributed by atoms with E-state index < -0.39 is 17.7 Å². The molecule has 1 aliphatic rings. The number of nitrogens with one attached hydrogen (secondary N) is 1. The molecule has 0 aliphatic carbocycles. The fourth-order valence-electron chi connectivity index (χ4n) is 2.48. The molecule has 0 aromatic heterocycles. The summed E-state index contributed by atoms with van der Waals surface area (Å²) in [7, 11) is 0. The first-order chi connectivity index (χ1) is 10.4. The van der Waals surface area contributed by atoms with Gasteiger partial charge in [0, 0.05) is 13.1 Å². The maximum Gasteiger partial charge on any atom is 0.408 e. The average molecular weight is 304 g/mol. The highest BCUT2D eigenvalue weighted by atomic mass is 16.6. The second-order valence-corrected chi connectivity index (χ2v) is 6.52. The van der Waals surface area contributed by atoms with E-state index in [4.69, 9.17) is 4.74 Å². The number of carbonyl (C=O) groups excluding carboxylic acids is 2. The topological polar surface area (TPSA) is 58.6 Å². The zero-order chi connectivity index (χ0) is 16.2. The van der Waals surface area contributed by atoms with Crippen LogP contribution in [0.3, 0.4) is 0 Å². The van der Waals surface area contributed by atoms with Crippen LogP contribution in [0, 0.1) is 0 Å². The highest BCUT2D eigenvalue weighted by Gasteiger charge is 2.30. The molecule has 5 nitrogen and oxygen atoms in total. The molecule has 1 heterocycles. The van der Waals surface area contributed by atoms with E-state index in [1.807, 2.05) is 30.3 Å². The minimum absolute atomic E-state index is 0.0745. The minimum atomic E-state index is -0.700. The summed E-state index contributed by atoms with van der Waals surface area (Å²) in [4.78, 5) is 26.6. The predicted molar refractivity (Wildman–Crippen MR) is 84.4 cm³/mol. The lowest BCUT2D eigenvalue weighted by atomic mass is 10.1. The summed E-state index contributed by atoms with van der Waals surface area (Å²) in [5.41, 5.74) is 0.174. The van der Waals surface area contributed by atoms with E-state index in [0.29, 0.717) is 0 Å². The number of likely N-dealkylation sites (tertiary alicyclic amines) is 1. The summed E-state index contributed by atoms with van der Waals surface area (Å²) >= 11 is 0. The molecule has 0 spiro atoms. The number of hydrogen-bond acceptors (Lipinski definition) is 3. The maximum absolute atomic E-state index is 12.7. The number of benzene rings is 1. The number of carbonyl (C=O) groups is 2. The van der Waals surface area contributed by atoms with Gasteiger partial charge in [-0.05, 0) is 39.2 Å². The molecule has 2 rings (SSSR count). The Morgan fingerprint density at radius 1 is 1.14 bits per heavy atom. The van der Waals surface area contributed by atoms with Gasteiger partial charge in [-0.3, -0.25) is 4.79 Å². The maximum atomic E-state index is 12.7. The molecule has 120 valence electrons. The van der Waals surface area contributed by atoms with Gasteiger partial charge in [-0.25, -0.2) is 4.79 Å². The highest BCUT2D eigenvalue weighted by molar-refractivity contribution is 5.87. The molecule has 1 aromatic rings. The summed E-state index contributed by atoms with van der Waals surface area (Å²) in [5.74, 6) is -0.0745. The first kappa shape index (κ1) is 16.3. The van der Waals surface area contributed by atoms with Crippen molar-refractivity contribution in [3.05, 3.63) is 35.9 Å². The Balaban J connectivity index is 2.15. The van der Waals surface area contributed by atoms with Crippen LogP contribution in [-0.4, -0.2) is 35.6 Å². The third-order valence-corrected chi connectivity index (χ3v) is 3.46. The Kier molecular flexibility index (Phi) is 5.06. The van der Waals surface area contributed by atoms with Crippen LogP contribution >= 0.6 is 0 Å². The quantitative estimate of drug-likeness (QED) is 0.934. The largest absolute Gasteiger partial charge is 0.444 e. The van der Waals surface area contributed by atoms with Crippen LogP contribution in [-0.2, 0) is 9.53 Å². The lowest BCUT2D eigenvalue weighted by Crippen LogP contribution is -2.43. The van der Waals surface area contributed by atoms with Crippen molar-refractivity contribution in [1.82, 2.24) is 10.2 Å². The van der Waals surface area contributed by atoms with Gasteiger partial charge in [0.25, 0.3) is 0 Å². The molecule has 1 N–H and O–H groups in total. The third kappa shape index (κ3) is 4.48. The second-order valence-electron chi connectivity index (χ2n) is 6.52. The van der Waals surface area contributed by atoms with Gasteiger partial charge in [0.05, 0.1) is 0 Å². The number of rotatable bonds is 3. The van der Waals surface area contributed by atoms with Gasteiger partial charge < -0.3 is 15.0 Å².